The third-order valence-corrected chi connectivity index (χ3v) is 2.76. The molecule has 0 bridgehead atoms. The average Bonchev–Trinajstić information content (AvgIpc) is 2.47. The number of hydrogen-bond acceptors (Lipinski definition) is 3. The summed E-state index contributed by atoms with van der Waals surface area (Å²) in [5.41, 5.74) is 0.137. The third kappa shape index (κ3) is 3.27. The summed E-state index contributed by atoms with van der Waals surface area (Å²) < 4.78 is 24.9. The molecular weight excluding hydrogens is 259 g/mol. The van der Waals surface area contributed by atoms with E-state index in [0.717, 1.165) is 6.42 Å². The first-order valence-corrected chi connectivity index (χ1v) is 6.54. The zero-order chi connectivity index (χ0) is 14.4. The number of rotatable bonds is 6. The molecule has 2 aromatic carbocycles. The predicted octanol–water partition coefficient (Wildman–Crippen LogP) is 3.90. The molecular formula is C16H17FO3. The predicted molar refractivity (Wildman–Crippen MR) is 74.6 cm³/mol. The van der Waals surface area contributed by atoms with Gasteiger partial charge in [-0.05, 0) is 30.7 Å². The van der Waals surface area contributed by atoms with E-state index in [4.69, 9.17) is 9.47 Å². The van der Waals surface area contributed by atoms with E-state index in [1.165, 1.54) is 6.07 Å². The lowest BCUT2D eigenvalue weighted by molar-refractivity contribution is 0.267. The summed E-state index contributed by atoms with van der Waals surface area (Å²) in [4.78, 5) is 0. The SMILES string of the molecule is CCCOc1ccccc1Oc1cccc(F)c1CO. The normalized spacial score (nSPS) is 10.3. The first-order valence-electron chi connectivity index (χ1n) is 6.54. The van der Waals surface area contributed by atoms with Gasteiger partial charge in [-0.1, -0.05) is 25.1 Å². The Bertz CT molecular complexity index is 569. The Morgan fingerprint density at radius 1 is 1.00 bits per heavy atom. The molecule has 0 aliphatic heterocycles. The van der Waals surface area contributed by atoms with Crippen molar-refractivity contribution in [2.45, 2.75) is 20.0 Å². The van der Waals surface area contributed by atoms with Crippen molar-refractivity contribution in [1.29, 1.82) is 0 Å². The molecule has 0 fully saturated rings. The van der Waals surface area contributed by atoms with Gasteiger partial charge in [0.15, 0.2) is 11.5 Å². The van der Waals surface area contributed by atoms with Gasteiger partial charge in [0.2, 0.25) is 0 Å². The highest BCUT2D eigenvalue weighted by Crippen LogP contribution is 2.33. The van der Waals surface area contributed by atoms with Crippen LogP contribution in [0.25, 0.3) is 0 Å². The molecule has 0 aromatic heterocycles. The Labute approximate surface area is 117 Å². The molecule has 0 atom stereocenters. The van der Waals surface area contributed by atoms with Crippen LogP contribution in [0.5, 0.6) is 17.2 Å². The third-order valence-electron chi connectivity index (χ3n) is 2.76. The average molecular weight is 276 g/mol. The molecule has 4 heteroatoms. The second-order valence-corrected chi connectivity index (χ2v) is 4.27. The highest BCUT2D eigenvalue weighted by molar-refractivity contribution is 5.45. The summed E-state index contributed by atoms with van der Waals surface area (Å²) in [6.07, 6.45) is 0.885. The fourth-order valence-electron chi connectivity index (χ4n) is 1.77. The Morgan fingerprint density at radius 2 is 1.70 bits per heavy atom. The van der Waals surface area contributed by atoms with E-state index in [2.05, 4.69) is 0 Å². The second-order valence-electron chi connectivity index (χ2n) is 4.27. The van der Waals surface area contributed by atoms with Gasteiger partial charge in [0.25, 0.3) is 0 Å². The van der Waals surface area contributed by atoms with Gasteiger partial charge in [-0.2, -0.15) is 0 Å². The van der Waals surface area contributed by atoms with E-state index >= 15 is 0 Å². The zero-order valence-corrected chi connectivity index (χ0v) is 11.3. The van der Waals surface area contributed by atoms with Crippen LogP contribution in [0.3, 0.4) is 0 Å². The minimum atomic E-state index is -0.489. The molecule has 0 unspecified atom stereocenters. The van der Waals surface area contributed by atoms with Gasteiger partial charge in [0.1, 0.15) is 11.6 Å². The van der Waals surface area contributed by atoms with Crippen LogP contribution in [0.15, 0.2) is 42.5 Å². The van der Waals surface area contributed by atoms with Crippen LogP contribution in [-0.4, -0.2) is 11.7 Å². The molecule has 0 aliphatic rings. The van der Waals surface area contributed by atoms with Crippen molar-refractivity contribution in [1.82, 2.24) is 0 Å². The standard InChI is InChI=1S/C16H17FO3/c1-2-10-19-15-7-3-4-8-16(15)20-14-9-5-6-13(17)12(14)11-18/h3-9,18H,2,10-11H2,1H3. The number of hydrogen-bond donors (Lipinski definition) is 1. The topological polar surface area (TPSA) is 38.7 Å². The highest BCUT2D eigenvalue weighted by atomic mass is 19.1. The van der Waals surface area contributed by atoms with E-state index in [9.17, 15) is 9.50 Å². The molecule has 2 aromatic rings. The van der Waals surface area contributed by atoms with Crippen molar-refractivity contribution in [3.8, 4) is 17.2 Å². The maximum Gasteiger partial charge on any atom is 0.169 e. The molecule has 1 N–H and O–H groups in total. The summed E-state index contributed by atoms with van der Waals surface area (Å²) >= 11 is 0. The van der Waals surface area contributed by atoms with E-state index in [-0.39, 0.29) is 5.56 Å². The number of ether oxygens (including phenoxy) is 2. The van der Waals surface area contributed by atoms with Crippen LogP contribution < -0.4 is 9.47 Å². The molecule has 2 rings (SSSR count). The molecule has 0 amide bonds. The fraction of sp³-hybridized carbons (Fsp3) is 0.250. The van der Waals surface area contributed by atoms with E-state index in [0.29, 0.717) is 23.9 Å². The van der Waals surface area contributed by atoms with Crippen LogP contribution in [0.1, 0.15) is 18.9 Å². The maximum absolute atomic E-state index is 13.6. The Hall–Kier alpha value is -2.07. The molecule has 0 saturated heterocycles. The molecule has 20 heavy (non-hydrogen) atoms. The number of para-hydroxylation sites is 2. The molecule has 0 radical (unpaired) electrons. The van der Waals surface area contributed by atoms with Crippen molar-refractivity contribution in [3.63, 3.8) is 0 Å². The Morgan fingerprint density at radius 3 is 2.40 bits per heavy atom. The van der Waals surface area contributed by atoms with E-state index in [1.54, 1.807) is 24.3 Å². The lowest BCUT2D eigenvalue weighted by atomic mass is 10.2. The van der Waals surface area contributed by atoms with Gasteiger partial charge in [-0.25, -0.2) is 4.39 Å². The van der Waals surface area contributed by atoms with Crippen LogP contribution in [0, 0.1) is 5.82 Å². The number of halogens is 1. The number of aliphatic hydroxyl groups excluding tert-OH is 1. The molecule has 0 aliphatic carbocycles. The largest absolute Gasteiger partial charge is 0.490 e. The smallest absolute Gasteiger partial charge is 0.169 e. The lowest BCUT2D eigenvalue weighted by Crippen LogP contribution is -1.99. The van der Waals surface area contributed by atoms with Crippen molar-refractivity contribution in [2.75, 3.05) is 6.61 Å². The lowest BCUT2D eigenvalue weighted by Gasteiger charge is -2.14. The summed E-state index contributed by atoms with van der Waals surface area (Å²) in [5, 5.41) is 9.24. The summed E-state index contributed by atoms with van der Waals surface area (Å²) in [6.45, 7) is 2.18. The molecule has 3 nitrogen and oxygen atoms in total. The monoisotopic (exact) mass is 276 g/mol. The second kappa shape index (κ2) is 6.91. The van der Waals surface area contributed by atoms with Gasteiger partial charge < -0.3 is 14.6 Å². The van der Waals surface area contributed by atoms with Gasteiger partial charge in [-0.3, -0.25) is 0 Å². The molecule has 106 valence electrons. The number of aliphatic hydroxyl groups is 1. The fourth-order valence-corrected chi connectivity index (χ4v) is 1.77. The van der Waals surface area contributed by atoms with Gasteiger partial charge in [0.05, 0.1) is 18.8 Å². The van der Waals surface area contributed by atoms with Crippen molar-refractivity contribution in [3.05, 3.63) is 53.8 Å². The van der Waals surface area contributed by atoms with Crippen molar-refractivity contribution < 1.29 is 19.0 Å². The summed E-state index contributed by atoms with van der Waals surface area (Å²) in [7, 11) is 0. The van der Waals surface area contributed by atoms with E-state index < -0.39 is 12.4 Å². The zero-order valence-electron chi connectivity index (χ0n) is 11.3. The minimum absolute atomic E-state index is 0.137. The number of benzene rings is 2. The molecule has 0 heterocycles. The first kappa shape index (κ1) is 14.3. The van der Waals surface area contributed by atoms with Gasteiger partial charge in [0, 0.05) is 0 Å². The summed E-state index contributed by atoms with van der Waals surface area (Å²) in [5.74, 6) is 0.903. The van der Waals surface area contributed by atoms with Crippen LogP contribution in [0.4, 0.5) is 4.39 Å². The van der Waals surface area contributed by atoms with Crippen LogP contribution >= 0.6 is 0 Å². The van der Waals surface area contributed by atoms with Gasteiger partial charge >= 0.3 is 0 Å². The summed E-state index contributed by atoms with van der Waals surface area (Å²) in [6, 6.07) is 11.6. The van der Waals surface area contributed by atoms with Crippen LogP contribution in [-0.2, 0) is 6.61 Å². The van der Waals surface area contributed by atoms with Crippen molar-refractivity contribution in [2.24, 2.45) is 0 Å². The Kier molecular flexibility index (Phi) is 4.96. The minimum Gasteiger partial charge on any atom is -0.490 e. The maximum atomic E-state index is 13.6. The van der Waals surface area contributed by atoms with E-state index in [1.807, 2.05) is 19.1 Å². The first-order chi connectivity index (χ1) is 9.76. The Balaban J connectivity index is 2.28. The van der Waals surface area contributed by atoms with Crippen LogP contribution in [0.2, 0.25) is 0 Å². The molecule has 0 spiro atoms. The van der Waals surface area contributed by atoms with Crippen molar-refractivity contribution >= 4 is 0 Å². The van der Waals surface area contributed by atoms with Gasteiger partial charge in [-0.15, -0.1) is 0 Å². The highest BCUT2D eigenvalue weighted by Gasteiger charge is 2.11. The molecule has 0 saturated carbocycles. The quantitative estimate of drug-likeness (QED) is 0.869.